The number of rotatable bonds is 12. The molecule has 0 aliphatic carbocycles. The fourth-order valence-electron chi connectivity index (χ4n) is 5.10. The van der Waals surface area contributed by atoms with Crippen LogP contribution in [0.4, 0.5) is 23.4 Å². The predicted octanol–water partition coefficient (Wildman–Crippen LogP) is 4.13. The molecule has 0 amide bonds. The minimum Gasteiger partial charge on any atom is -0.454 e. The summed E-state index contributed by atoms with van der Waals surface area (Å²) in [6, 6.07) is 3.30. The number of nitrogens with zero attached hydrogens (tertiary/aromatic N) is 3. The van der Waals surface area contributed by atoms with E-state index >= 15 is 0 Å². The highest BCUT2D eigenvalue weighted by atomic mass is 19.4. The number of methoxy groups -OCH3 is 1. The van der Waals surface area contributed by atoms with Crippen LogP contribution >= 0.6 is 0 Å². The number of anilines is 1. The van der Waals surface area contributed by atoms with Crippen LogP contribution in [-0.2, 0) is 27.1 Å². The Kier molecular flexibility index (Phi) is 10.5. The average molecular weight is 568 g/mol. The summed E-state index contributed by atoms with van der Waals surface area (Å²) < 4.78 is 65.1. The van der Waals surface area contributed by atoms with Crippen molar-refractivity contribution in [2.75, 3.05) is 45.2 Å². The lowest BCUT2D eigenvalue weighted by molar-refractivity contribution is -0.150. The number of allylic oxidation sites excluding steroid dienone is 1. The van der Waals surface area contributed by atoms with Crippen molar-refractivity contribution in [3.05, 3.63) is 47.4 Å². The lowest BCUT2D eigenvalue weighted by Gasteiger charge is -2.30. The molecular formula is C28H37F4N5O3. The first-order valence-electron chi connectivity index (χ1n) is 13.8. The molecule has 2 bridgehead atoms. The van der Waals surface area contributed by atoms with Crippen LogP contribution in [0.3, 0.4) is 0 Å². The first-order valence-corrected chi connectivity index (χ1v) is 13.8. The molecule has 0 saturated carbocycles. The summed E-state index contributed by atoms with van der Waals surface area (Å²) in [5.41, 5.74) is 1.60. The number of carbonyl (C=O) groups excluding carboxylic acids is 1. The lowest BCUT2D eigenvalue weighted by atomic mass is 10.0. The first kappa shape index (κ1) is 30.0. The minimum absolute atomic E-state index is 0.0504. The second-order valence-corrected chi connectivity index (χ2v) is 10.3. The van der Waals surface area contributed by atoms with Gasteiger partial charge in [0, 0.05) is 50.8 Å². The zero-order chi connectivity index (χ0) is 28.5. The lowest BCUT2D eigenvalue weighted by Crippen LogP contribution is -2.47. The molecule has 4 rings (SSSR count). The van der Waals surface area contributed by atoms with E-state index in [-0.39, 0.29) is 26.0 Å². The van der Waals surface area contributed by atoms with Gasteiger partial charge in [-0.15, -0.1) is 0 Å². The number of aliphatic imine (C=N–C) groups is 1. The van der Waals surface area contributed by atoms with E-state index in [1.807, 2.05) is 4.90 Å². The van der Waals surface area contributed by atoms with Crippen molar-refractivity contribution in [1.82, 2.24) is 15.2 Å². The summed E-state index contributed by atoms with van der Waals surface area (Å²) in [5, 5.41) is 6.40. The van der Waals surface area contributed by atoms with E-state index in [4.69, 9.17) is 14.5 Å². The van der Waals surface area contributed by atoms with E-state index < -0.39 is 36.2 Å². The first-order chi connectivity index (χ1) is 19.2. The summed E-state index contributed by atoms with van der Waals surface area (Å²) in [6.07, 6.45) is 1.25. The van der Waals surface area contributed by atoms with Gasteiger partial charge in [-0.2, -0.15) is 13.2 Å². The van der Waals surface area contributed by atoms with Crippen molar-refractivity contribution in [3.8, 4) is 0 Å². The molecule has 12 heteroatoms. The van der Waals surface area contributed by atoms with E-state index in [1.165, 1.54) is 18.7 Å². The summed E-state index contributed by atoms with van der Waals surface area (Å²) in [4.78, 5) is 23.0. The third-order valence-electron chi connectivity index (χ3n) is 7.15. The Bertz CT molecular complexity index is 1110. The second-order valence-electron chi connectivity index (χ2n) is 10.3. The summed E-state index contributed by atoms with van der Waals surface area (Å²) in [7, 11) is 1.44. The standard InChI is InChI=1S/C28H37F4N5O3/c1-39-18-20(29)17-37(15-3-2-6-21-8-7-19-5-4-13-34-26(19)36-21)16-12-23-27(38)40-24-10-9-22(35-23)11-14-33-25(24)28(30,31)32/h7-9,11,14,20,23-24,35H,2-6,10,12-13,15-18H2,1H3,(H,34,36)/t20-,23-,24?/m0/s1. The Balaban J connectivity index is 1.34. The molecule has 2 N–H and O–H groups in total. The van der Waals surface area contributed by atoms with E-state index in [2.05, 4.69) is 27.8 Å². The number of hydrogen-bond donors (Lipinski definition) is 2. The van der Waals surface area contributed by atoms with Gasteiger partial charge in [0.1, 0.15) is 18.0 Å². The van der Waals surface area contributed by atoms with Gasteiger partial charge in [0.05, 0.1) is 6.61 Å². The van der Waals surface area contributed by atoms with Crippen molar-refractivity contribution < 1.29 is 31.8 Å². The number of halogens is 4. The molecule has 0 saturated heterocycles. The molecule has 1 aromatic rings. The molecule has 0 fully saturated rings. The summed E-state index contributed by atoms with van der Waals surface area (Å²) in [5.74, 6) is 0.172. The minimum atomic E-state index is -4.72. The topological polar surface area (TPSA) is 88.1 Å². The molecule has 3 aliphatic rings. The van der Waals surface area contributed by atoms with Crippen molar-refractivity contribution >= 4 is 17.5 Å². The summed E-state index contributed by atoms with van der Waals surface area (Å²) >= 11 is 0. The Morgan fingerprint density at radius 1 is 1.25 bits per heavy atom. The number of carbonyl (C=O) groups is 1. The zero-order valence-corrected chi connectivity index (χ0v) is 22.7. The average Bonchev–Trinajstić information content (AvgIpc) is 2.90. The second kappa shape index (κ2) is 14.1. The van der Waals surface area contributed by atoms with Gasteiger partial charge in [-0.3, -0.25) is 4.99 Å². The molecule has 0 radical (unpaired) electrons. The Hall–Kier alpha value is -2.99. The highest BCUT2D eigenvalue weighted by molar-refractivity contribution is 5.96. The molecule has 220 valence electrons. The molecule has 0 aromatic carbocycles. The molecule has 3 atom stereocenters. The molecule has 8 nitrogen and oxygen atoms in total. The molecule has 4 heterocycles. The number of aromatic nitrogens is 1. The number of alkyl halides is 4. The van der Waals surface area contributed by atoms with Crippen LogP contribution < -0.4 is 10.6 Å². The van der Waals surface area contributed by atoms with Crippen LogP contribution in [-0.4, -0.2) is 86.0 Å². The van der Waals surface area contributed by atoms with E-state index in [9.17, 15) is 22.4 Å². The molecule has 3 aliphatic heterocycles. The summed E-state index contributed by atoms with van der Waals surface area (Å²) in [6.45, 7) is 1.93. The molecule has 40 heavy (non-hydrogen) atoms. The maximum atomic E-state index is 14.5. The maximum absolute atomic E-state index is 14.5. The number of esters is 1. The monoisotopic (exact) mass is 567 g/mol. The maximum Gasteiger partial charge on any atom is 0.433 e. The van der Waals surface area contributed by atoms with Crippen LogP contribution in [0.1, 0.15) is 43.4 Å². The van der Waals surface area contributed by atoms with E-state index in [1.54, 1.807) is 6.08 Å². The fourth-order valence-corrected chi connectivity index (χ4v) is 5.10. The van der Waals surface area contributed by atoms with Gasteiger partial charge in [0.15, 0.2) is 11.8 Å². The Morgan fingerprint density at radius 2 is 2.10 bits per heavy atom. The number of unbranched alkanes of at least 4 members (excludes halogenated alkanes) is 1. The fraction of sp³-hybridized carbons (Fsp3) is 0.607. The third kappa shape index (κ3) is 8.50. The Labute approximate surface area is 231 Å². The smallest absolute Gasteiger partial charge is 0.433 e. The van der Waals surface area contributed by atoms with E-state index in [0.717, 1.165) is 56.4 Å². The Morgan fingerprint density at radius 3 is 2.90 bits per heavy atom. The third-order valence-corrected chi connectivity index (χ3v) is 7.15. The molecule has 1 unspecified atom stereocenters. The van der Waals surface area contributed by atoms with Gasteiger partial charge in [-0.1, -0.05) is 12.1 Å². The molecule has 1 aromatic heterocycles. The highest BCUT2D eigenvalue weighted by Gasteiger charge is 2.43. The number of nitrogens with one attached hydrogen (secondary N) is 2. The number of hydrogen-bond acceptors (Lipinski definition) is 8. The van der Waals surface area contributed by atoms with Crippen LogP contribution in [0.15, 0.2) is 41.2 Å². The van der Waals surface area contributed by atoms with Crippen LogP contribution in [0.25, 0.3) is 0 Å². The number of pyridine rings is 1. The van der Waals surface area contributed by atoms with Crippen LogP contribution in [0, 0.1) is 0 Å². The zero-order valence-electron chi connectivity index (χ0n) is 22.7. The number of ether oxygens (including phenoxy) is 2. The largest absolute Gasteiger partial charge is 0.454 e. The normalized spacial score (nSPS) is 21.6. The number of fused-ring (bicyclic) bond motifs is 3. The van der Waals surface area contributed by atoms with Crippen molar-refractivity contribution in [2.24, 2.45) is 4.99 Å². The highest BCUT2D eigenvalue weighted by Crippen LogP contribution is 2.26. The van der Waals surface area contributed by atoms with Gasteiger partial charge < -0.3 is 25.0 Å². The quantitative estimate of drug-likeness (QED) is 0.223. The van der Waals surface area contributed by atoms with Crippen molar-refractivity contribution in [3.63, 3.8) is 0 Å². The van der Waals surface area contributed by atoms with Crippen LogP contribution in [0.5, 0.6) is 0 Å². The van der Waals surface area contributed by atoms with Gasteiger partial charge >= 0.3 is 12.1 Å². The van der Waals surface area contributed by atoms with E-state index in [0.29, 0.717) is 18.8 Å². The predicted molar refractivity (Wildman–Crippen MR) is 144 cm³/mol. The van der Waals surface area contributed by atoms with Crippen molar-refractivity contribution in [1.29, 1.82) is 0 Å². The van der Waals surface area contributed by atoms with Gasteiger partial charge in [0.25, 0.3) is 0 Å². The van der Waals surface area contributed by atoms with Gasteiger partial charge in [-0.05, 0) is 62.8 Å². The van der Waals surface area contributed by atoms with Gasteiger partial charge in [0.2, 0.25) is 0 Å². The SMILES string of the molecule is COC[C@@H](F)CN(CCCCc1ccc2c(n1)NCCC2)CC[C@@H]1NC2=CCC(OC1=O)C(C(F)(F)F)=NC=C2. The number of aryl methyl sites for hydroxylation is 2. The van der Waals surface area contributed by atoms with Gasteiger partial charge in [-0.25, -0.2) is 14.2 Å². The van der Waals surface area contributed by atoms with Crippen molar-refractivity contribution in [2.45, 2.75) is 69.4 Å². The molecular weight excluding hydrogens is 530 g/mol. The molecule has 0 spiro atoms. The van der Waals surface area contributed by atoms with Crippen LogP contribution in [0.2, 0.25) is 0 Å².